The second-order valence-corrected chi connectivity index (χ2v) is 6.30. The van der Waals surface area contributed by atoms with Crippen molar-refractivity contribution in [3.63, 3.8) is 0 Å². The predicted molar refractivity (Wildman–Crippen MR) is 92.0 cm³/mol. The maximum atomic E-state index is 12.3. The lowest BCUT2D eigenvalue weighted by molar-refractivity contribution is 0.0357. The molecule has 1 saturated carbocycles. The summed E-state index contributed by atoms with van der Waals surface area (Å²) >= 11 is 0. The van der Waals surface area contributed by atoms with Gasteiger partial charge in [0.15, 0.2) is 0 Å². The molecule has 0 radical (unpaired) electrons. The lowest BCUT2D eigenvalue weighted by Crippen LogP contribution is -2.37. The highest BCUT2D eigenvalue weighted by molar-refractivity contribution is 5.86. The minimum absolute atomic E-state index is 0.00888. The number of carbonyl (C=O) groups excluding carboxylic acids is 1. The number of amides is 1. The van der Waals surface area contributed by atoms with Crippen LogP contribution < -0.4 is 10.1 Å². The zero-order chi connectivity index (χ0) is 16.7. The maximum Gasteiger partial charge on any atom is 0.412 e. The highest BCUT2D eigenvalue weighted by Crippen LogP contribution is 2.29. The Morgan fingerprint density at radius 1 is 1.26 bits per heavy atom. The molecule has 1 aromatic carbocycles. The summed E-state index contributed by atoms with van der Waals surface area (Å²) in [5.41, 5.74) is 0.652. The van der Waals surface area contributed by atoms with Crippen molar-refractivity contribution < 1.29 is 14.3 Å². The number of ether oxygens (including phenoxy) is 2. The standard InChI is InChI=1S/C18H28N2O3/c1-4-22-17-12-8-6-10-15(17)19-18(21)23-16-11-7-5-9-14(16)13-20(2)3/h6,8,10,12,14,16H,4-5,7,9,11,13H2,1-3H3,(H,19,21)/t14-,16+/m1/s1. The molecule has 1 N–H and O–H groups in total. The number of nitrogens with zero attached hydrogens (tertiary/aromatic N) is 1. The van der Waals surface area contributed by atoms with Crippen LogP contribution in [0, 0.1) is 5.92 Å². The predicted octanol–water partition coefficient (Wildman–Crippen LogP) is 3.75. The van der Waals surface area contributed by atoms with Gasteiger partial charge < -0.3 is 14.4 Å². The number of hydrogen-bond donors (Lipinski definition) is 1. The van der Waals surface area contributed by atoms with E-state index in [1.807, 2.05) is 31.2 Å². The average Bonchev–Trinajstić information content (AvgIpc) is 2.51. The lowest BCUT2D eigenvalue weighted by Gasteiger charge is -2.32. The van der Waals surface area contributed by atoms with Crippen LogP contribution in [0.4, 0.5) is 10.5 Å². The Hall–Kier alpha value is -1.75. The van der Waals surface area contributed by atoms with E-state index in [0.717, 1.165) is 25.8 Å². The molecule has 1 aromatic rings. The molecule has 2 atom stereocenters. The first-order valence-electron chi connectivity index (χ1n) is 8.44. The summed E-state index contributed by atoms with van der Waals surface area (Å²) in [7, 11) is 4.12. The van der Waals surface area contributed by atoms with Crippen molar-refractivity contribution in [2.75, 3.05) is 32.6 Å². The van der Waals surface area contributed by atoms with Gasteiger partial charge in [0.1, 0.15) is 11.9 Å². The molecular formula is C18H28N2O3. The molecule has 0 saturated heterocycles. The first-order chi connectivity index (χ1) is 11.1. The summed E-state index contributed by atoms with van der Waals surface area (Å²) in [5, 5.41) is 2.82. The zero-order valence-electron chi connectivity index (χ0n) is 14.4. The number of benzene rings is 1. The van der Waals surface area contributed by atoms with E-state index in [1.165, 1.54) is 6.42 Å². The van der Waals surface area contributed by atoms with Crippen LogP contribution in [0.15, 0.2) is 24.3 Å². The molecule has 5 nitrogen and oxygen atoms in total. The van der Waals surface area contributed by atoms with Gasteiger partial charge in [0.25, 0.3) is 0 Å². The Morgan fingerprint density at radius 2 is 2.00 bits per heavy atom. The SMILES string of the molecule is CCOc1ccccc1NC(=O)O[C@H]1CCCC[C@@H]1CN(C)C. The monoisotopic (exact) mass is 320 g/mol. The fraction of sp³-hybridized carbons (Fsp3) is 0.611. The van der Waals surface area contributed by atoms with Gasteiger partial charge in [-0.25, -0.2) is 4.79 Å². The Morgan fingerprint density at radius 3 is 2.74 bits per heavy atom. The number of carbonyl (C=O) groups is 1. The highest BCUT2D eigenvalue weighted by atomic mass is 16.6. The van der Waals surface area contributed by atoms with Crippen LogP contribution >= 0.6 is 0 Å². The Kier molecular flexibility index (Phi) is 6.71. The van der Waals surface area contributed by atoms with Crippen molar-refractivity contribution in [3.05, 3.63) is 24.3 Å². The Balaban J connectivity index is 1.95. The Labute approximate surface area is 139 Å². The van der Waals surface area contributed by atoms with Crippen molar-refractivity contribution in [2.24, 2.45) is 5.92 Å². The van der Waals surface area contributed by atoms with E-state index in [0.29, 0.717) is 24.0 Å². The van der Waals surface area contributed by atoms with Crippen molar-refractivity contribution in [3.8, 4) is 5.75 Å². The van der Waals surface area contributed by atoms with Crippen LogP contribution in [0.5, 0.6) is 5.75 Å². The molecule has 0 aromatic heterocycles. The second kappa shape index (κ2) is 8.77. The van der Waals surface area contributed by atoms with Gasteiger partial charge in [0, 0.05) is 12.5 Å². The van der Waals surface area contributed by atoms with Crippen molar-refractivity contribution in [1.29, 1.82) is 0 Å². The number of anilines is 1. The van der Waals surface area contributed by atoms with E-state index in [9.17, 15) is 4.79 Å². The van der Waals surface area contributed by atoms with Gasteiger partial charge in [0.2, 0.25) is 0 Å². The van der Waals surface area contributed by atoms with E-state index in [4.69, 9.17) is 9.47 Å². The molecule has 1 aliphatic rings. The molecule has 2 rings (SSSR count). The molecule has 0 bridgehead atoms. The molecule has 23 heavy (non-hydrogen) atoms. The van der Waals surface area contributed by atoms with Crippen molar-refractivity contribution in [2.45, 2.75) is 38.7 Å². The summed E-state index contributed by atoms with van der Waals surface area (Å²) in [6.45, 7) is 3.43. The van der Waals surface area contributed by atoms with Gasteiger partial charge >= 0.3 is 6.09 Å². The second-order valence-electron chi connectivity index (χ2n) is 6.30. The normalized spacial score (nSPS) is 21.0. The summed E-state index contributed by atoms with van der Waals surface area (Å²) in [4.78, 5) is 14.4. The van der Waals surface area contributed by atoms with Gasteiger partial charge in [-0.2, -0.15) is 0 Å². The first-order valence-corrected chi connectivity index (χ1v) is 8.44. The van der Waals surface area contributed by atoms with Crippen molar-refractivity contribution >= 4 is 11.8 Å². The van der Waals surface area contributed by atoms with Crippen LogP contribution in [0.3, 0.4) is 0 Å². The highest BCUT2D eigenvalue weighted by Gasteiger charge is 2.28. The molecule has 5 heteroatoms. The van der Waals surface area contributed by atoms with E-state index in [1.54, 1.807) is 0 Å². The zero-order valence-corrected chi connectivity index (χ0v) is 14.4. The van der Waals surface area contributed by atoms with Crippen LogP contribution in [0.2, 0.25) is 0 Å². The summed E-state index contributed by atoms with van der Waals surface area (Å²) in [6.07, 6.45) is 3.99. The molecule has 0 aliphatic heterocycles. The lowest BCUT2D eigenvalue weighted by atomic mass is 9.86. The summed E-state index contributed by atoms with van der Waals surface area (Å²) in [5.74, 6) is 1.08. The van der Waals surface area contributed by atoms with Crippen LogP contribution in [0.1, 0.15) is 32.6 Å². The fourth-order valence-electron chi connectivity index (χ4n) is 3.13. The van der Waals surface area contributed by atoms with E-state index < -0.39 is 6.09 Å². The molecule has 0 unspecified atom stereocenters. The first kappa shape index (κ1) is 17.6. The van der Waals surface area contributed by atoms with Gasteiger partial charge in [-0.3, -0.25) is 5.32 Å². The third kappa shape index (κ3) is 5.43. The molecule has 128 valence electrons. The minimum atomic E-state index is -0.396. The van der Waals surface area contributed by atoms with Gasteiger partial charge in [-0.05, 0) is 52.4 Å². The van der Waals surface area contributed by atoms with E-state index in [2.05, 4.69) is 24.3 Å². The maximum absolute atomic E-state index is 12.3. The molecule has 0 heterocycles. The average molecular weight is 320 g/mol. The van der Waals surface area contributed by atoms with Gasteiger partial charge in [0.05, 0.1) is 12.3 Å². The molecular weight excluding hydrogens is 292 g/mol. The van der Waals surface area contributed by atoms with Gasteiger partial charge in [-0.15, -0.1) is 0 Å². The summed E-state index contributed by atoms with van der Waals surface area (Å²) in [6, 6.07) is 7.42. The number of para-hydroxylation sites is 2. The van der Waals surface area contributed by atoms with E-state index >= 15 is 0 Å². The van der Waals surface area contributed by atoms with E-state index in [-0.39, 0.29) is 6.10 Å². The minimum Gasteiger partial charge on any atom is -0.492 e. The fourth-order valence-corrected chi connectivity index (χ4v) is 3.13. The van der Waals surface area contributed by atoms with Crippen LogP contribution in [0.25, 0.3) is 0 Å². The van der Waals surface area contributed by atoms with Gasteiger partial charge in [-0.1, -0.05) is 18.6 Å². The molecule has 1 amide bonds. The smallest absolute Gasteiger partial charge is 0.412 e. The number of hydrogen-bond acceptors (Lipinski definition) is 4. The molecule has 1 fully saturated rings. The summed E-state index contributed by atoms with van der Waals surface area (Å²) < 4.78 is 11.2. The largest absolute Gasteiger partial charge is 0.492 e. The Bertz CT molecular complexity index is 505. The van der Waals surface area contributed by atoms with Crippen molar-refractivity contribution in [1.82, 2.24) is 4.90 Å². The van der Waals surface area contributed by atoms with Crippen LogP contribution in [-0.2, 0) is 4.74 Å². The number of rotatable bonds is 6. The number of nitrogens with one attached hydrogen (secondary N) is 1. The topological polar surface area (TPSA) is 50.8 Å². The molecule has 0 spiro atoms. The third-order valence-corrected chi connectivity index (χ3v) is 4.12. The molecule has 1 aliphatic carbocycles. The van der Waals surface area contributed by atoms with Crippen LogP contribution in [-0.4, -0.2) is 44.3 Å². The quantitative estimate of drug-likeness (QED) is 0.867. The third-order valence-electron chi connectivity index (χ3n) is 4.12.